The van der Waals surface area contributed by atoms with Crippen LogP contribution in [0.5, 0.6) is 11.5 Å². The van der Waals surface area contributed by atoms with E-state index in [1.54, 1.807) is 24.3 Å². The van der Waals surface area contributed by atoms with Crippen molar-refractivity contribution >= 4 is 23.7 Å². The first-order valence-corrected chi connectivity index (χ1v) is 11.2. The lowest BCUT2D eigenvalue weighted by Gasteiger charge is -2.21. The van der Waals surface area contributed by atoms with E-state index in [9.17, 15) is 19.2 Å². The van der Waals surface area contributed by atoms with E-state index in [-0.39, 0.29) is 19.4 Å². The van der Waals surface area contributed by atoms with Crippen LogP contribution in [-0.4, -0.2) is 41.2 Å². The fourth-order valence-corrected chi connectivity index (χ4v) is 3.69. The van der Waals surface area contributed by atoms with Gasteiger partial charge in [0, 0.05) is 12.0 Å². The van der Waals surface area contributed by atoms with Crippen molar-refractivity contribution in [1.29, 1.82) is 0 Å². The number of benzene rings is 3. The van der Waals surface area contributed by atoms with Crippen LogP contribution in [0.25, 0.3) is 0 Å². The van der Waals surface area contributed by atoms with Gasteiger partial charge >= 0.3 is 5.97 Å². The number of ether oxygens (including phenoxy) is 2. The molecule has 8 nitrogen and oxygen atoms in total. The summed E-state index contributed by atoms with van der Waals surface area (Å²) in [6, 6.07) is 23.8. The van der Waals surface area contributed by atoms with Crippen molar-refractivity contribution in [1.82, 2.24) is 10.2 Å². The quantitative estimate of drug-likeness (QED) is 0.504. The number of nitrogens with one attached hydrogen (secondary N) is 1. The molecule has 3 aromatic carbocycles. The number of hydrogen-bond acceptors (Lipinski definition) is 6. The van der Waals surface area contributed by atoms with Gasteiger partial charge in [-0.15, -0.1) is 0 Å². The molecule has 8 heteroatoms. The molecule has 1 aliphatic rings. The number of carbonyl (C=O) groups is 4. The summed E-state index contributed by atoms with van der Waals surface area (Å²) >= 11 is 0. The van der Waals surface area contributed by atoms with Crippen molar-refractivity contribution in [2.75, 3.05) is 6.54 Å². The molecule has 35 heavy (non-hydrogen) atoms. The minimum atomic E-state index is -0.995. The van der Waals surface area contributed by atoms with E-state index in [4.69, 9.17) is 9.47 Å². The minimum Gasteiger partial charge on any atom is -0.459 e. The number of carbonyl (C=O) groups excluding carboxylic acids is 4. The molecule has 1 atom stereocenters. The first-order valence-electron chi connectivity index (χ1n) is 11.2. The van der Waals surface area contributed by atoms with E-state index in [1.165, 1.54) is 0 Å². The van der Waals surface area contributed by atoms with E-state index in [2.05, 4.69) is 5.32 Å². The van der Waals surface area contributed by atoms with Crippen LogP contribution in [0.3, 0.4) is 0 Å². The molecule has 3 amide bonds. The third-order valence-electron chi connectivity index (χ3n) is 5.47. The number of esters is 1. The summed E-state index contributed by atoms with van der Waals surface area (Å²) in [6.07, 6.45) is 0.253. The molecular formula is C27H24N2O6. The molecule has 0 bridgehead atoms. The Hall–Kier alpha value is -4.46. The summed E-state index contributed by atoms with van der Waals surface area (Å²) in [6.45, 7) is -0.373. The first-order chi connectivity index (χ1) is 17.0. The maximum atomic E-state index is 12.7. The number of amides is 3. The lowest BCUT2D eigenvalue weighted by molar-refractivity contribution is -0.158. The Labute approximate surface area is 202 Å². The molecule has 3 aromatic rings. The number of rotatable bonds is 8. The molecule has 1 N–H and O–H groups in total. The number of likely N-dealkylation sites (tertiary alicyclic amines) is 1. The average molecular weight is 472 g/mol. The zero-order chi connectivity index (χ0) is 24.6. The van der Waals surface area contributed by atoms with E-state index < -0.39 is 36.3 Å². The summed E-state index contributed by atoms with van der Waals surface area (Å²) in [4.78, 5) is 50.9. The van der Waals surface area contributed by atoms with Crippen molar-refractivity contribution in [3.05, 3.63) is 96.1 Å². The van der Waals surface area contributed by atoms with Gasteiger partial charge in [-0.3, -0.25) is 19.3 Å². The van der Waals surface area contributed by atoms with Gasteiger partial charge in [-0.2, -0.15) is 0 Å². The van der Waals surface area contributed by atoms with Crippen LogP contribution < -0.4 is 10.1 Å². The van der Waals surface area contributed by atoms with Crippen molar-refractivity contribution in [3.8, 4) is 11.5 Å². The van der Waals surface area contributed by atoms with Crippen LogP contribution in [0.4, 0.5) is 0 Å². The number of hydrogen-bond donors (Lipinski definition) is 1. The standard InChI is InChI=1S/C27H24N2O6/c30-24-16-15-23(27(33)34-18-19-7-3-1-4-8-19)29(24)25(31)17-28-26(32)20-11-13-22(14-12-20)35-21-9-5-2-6-10-21/h1-14,23H,15-18H2,(H,28,32)/t23-/m0/s1. The summed E-state index contributed by atoms with van der Waals surface area (Å²) in [5.74, 6) is -1.03. The highest BCUT2D eigenvalue weighted by molar-refractivity contribution is 6.04. The van der Waals surface area contributed by atoms with Crippen molar-refractivity contribution < 1.29 is 28.7 Å². The fraction of sp³-hybridized carbons (Fsp3) is 0.185. The second kappa shape index (κ2) is 11.1. The van der Waals surface area contributed by atoms with Crippen LogP contribution in [-0.2, 0) is 25.7 Å². The van der Waals surface area contributed by atoms with Gasteiger partial charge in [0.15, 0.2) is 0 Å². The molecule has 178 valence electrons. The van der Waals surface area contributed by atoms with E-state index >= 15 is 0 Å². The van der Waals surface area contributed by atoms with E-state index in [0.717, 1.165) is 10.5 Å². The molecule has 0 aromatic heterocycles. The van der Waals surface area contributed by atoms with Gasteiger partial charge in [-0.25, -0.2) is 4.79 Å². The first kappa shape index (κ1) is 23.7. The zero-order valence-electron chi connectivity index (χ0n) is 18.9. The summed E-state index contributed by atoms with van der Waals surface area (Å²) < 4.78 is 11.0. The van der Waals surface area contributed by atoms with Crippen LogP contribution >= 0.6 is 0 Å². The SMILES string of the molecule is O=C(NCC(=O)N1C(=O)CC[C@H]1C(=O)OCc1ccccc1)c1ccc(Oc2ccccc2)cc1. The number of imide groups is 1. The molecule has 1 saturated heterocycles. The van der Waals surface area contributed by atoms with Gasteiger partial charge in [0.25, 0.3) is 5.91 Å². The van der Waals surface area contributed by atoms with Crippen LogP contribution in [0.15, 0.2) is 84.9 Å². The maximum absolute atomic E-state index is 12.7. The highest BCUT2D eigenvalue weighted by Gasteiger charge is 2.41. The van der Waals surface area contributed by atoms with Gasteiger partial charge in [-0.05, 0) is 48.4 Å². The summed E-state index contributed by atoms with van der Waals surface area (Å²) in [5.41, 5.74) is 1.13. The Morgan fingerprint density at radius 3 is 2.17 bits per heavy atom. The topological polar surface area (TPSA) is 102 Å². The molecule has 0 spiro atoms. The molecule has 0 aliphatic carbocycles. The largest absolute Gasteiger partial charge is 0.459 e. The van der Waals surface area contributed by atoms with Gasteiger partial charge < -0.3 is 14.8 Å². The van der Waals surface area contributed by atoms with Crippen LogP contribution in [0.2, 0.25) is 0 Å². The lowest BCUT2D eigenvalue weighted by atomic mass is 10.2. The zero-order valence-corrected chi connectivity index (χ0v) is 18.9. The van der Waals surface area contributed by atoms with Gasteiger partial charge in [-0.1, -0.05) is 48.5 Å². The Balaban J connectivity index is 1.30. The normalized spacial score (nSPS) is 14.9. The summed E-state index contributed by atoms with van der Waals surface area (Å²) in [5, 5.41) is 2.51. The van der Waals surface area contributed by atoms with Crippen LogP contribution in [0.1, 0.15) is 28.8 Å². The minimum absolute atomic E-state index is 0.0487. The Kier molecular flexibility index (Phi) is 7.52. The van der Waals surface area contributed by atoms with Crippen LogP contribution in [0, 0.1) is 0 Å². The Morgan fingerprint density at radius 1 is 0.857 bits per heavy atom. The molecule has 0 radical (unpaired) electrons. The third kappa shape index (κ3) is 6.11. The predicted molar refractivity (Wildman–Crippen MR) is 126 cm³/mol. The fourth-order valence-electron chi connectivity index (χ4n) is 3.69. The average Bonchev–Trinajstić information content (AvgIpc) is 3.29. The molecule has 0 unspecified atom stereocenters. The van der Waals surface area contributed by atoms with Crippen molar-refractivity contribution in [3.63, 3.8) is 0 Å². The highest BCUT2D eigenvalue weighted by atomic mass is 16.5. The Bertz CT molecular complexity index is 1200. The molecule has 1 aliphatic heterocycles. The maximum Gasteiger partial charge on any atom is 0.329 e. The lowest BCUT2D eigenvalue weighted by Crippen LogP contribution is -2.47. The van der Waals surface area contributed by atoms with Gasteiger partial charge in [0.2, 0.25) is 11.8 Å². The highest BCUT2D eigenvalue weighted by Crippen LogP contribution is 2.22. The molecule has 1 fully saturated rings. The predicted octanol–water partition coefficient (Wildman–Crippen LogP) is 3.47. The Morgan fingerprint density at radius 2 is 1.49 bits per heavy atom. The third-order valence-corrected chi connectivity index (χ3v) is 5.47. The molecule has 0 saturated carbocycles. The van der Waals surface area contributed by atoms with Gasteiger partial charge in [0.05, 0.1) is 6.54 Å². The monoisotopic (exact) mass is 472 g/mol. The smallest absolute Gasteiger partial charge is 0.329 e. The van der Waals surface area contributed by atoms with E-state index in [0.29, 0.717) is 17.1 Å². The number of para-hydroxylation sites is 1. The van der Waals surface area contributed by atoms with Gasteiger partial charge in [0.1, 0.15) is 24.1 Å². The van der Waals surface area contributed by atoms with Crippen molar-refractivity contribution in [2.24, 2.45) is 0 Å². The molecule has 1 heterocycles. The van der Waals surface area contributed by atoms with E-state index in [1.807, 2.05) is 60.7 Å². The number of nitrogens with zero attached hydrogens (tertiary/aromatic N) is 1. The molecular weight excluding hydrogens is 448 g/mol. The second-order valence-electron chi connectivity index (χ2n) is 7.93. The summed E-state index contributed by atoms with van der Waals surface area (Å²) in [7, 11) is 0. The second-order valence-corrected chi connectivity index (χ2v) is 7.93. The van der Waals surface area contributed by atoms with Crippen molar-refractivity contribution in [2.45, 2.75) is 25.5 Å². The molecule has 4 rings (SSSR count).